The standard InChI is InChI=1S/C13H21N5O2/c1-14-12(19)10-8-16(2)6-7-18(9-10)13(20)11-4-5-15-17(11)3/h4-5,10H,6-9H2,1-3H3,(H,14,19)/t10-/m0/s1. The molecule has 1 aliphatic rings. The summed E-state index contributed by atoms with van der Waals surface area (Å²) < 4.78 is 1.56. The van der Waals surface area contributed by atoms with Crippen molar-refractivity contribution in [3.63, 3.8) is 0 Å². The molecule has 1 saturated heterocycles. The third-order valence-corrected chi connectivity index (χ3v) is 3.67. The molecule has 0 aliphatic carbocycles. The second kappa shape index (κ2) is 6.04. The highest BCUT2D eigenvalue weighted by atomic mass is 16.2. The maximum Gasteiger partial charge on any atom is 0.272 e. The van der Waals surface area contributed by atoms with Gasteiger partial charge in [-0.1, -0.05) is 0 Å². The zero-order valence-electron chi connectivity index (χ0n) is 12.2. The van der Waals surface area contributed by atoms with Crippen molar-refractivity contribution in [3.8, 4) is 0 Å². The Balaban J connectivity index is 2.16. The van der Waals surface area contributed by atoms with Crippen LogP contribution in [-0.4, -0.2) is 71.7 Å². The second-order valence-electron chi connectivity index (χ2n) is 5.16. The Morgan fingerprint density at radius 2 is 2.05 bits per heavy atom. The van der Waals surface area contributed by atoms with Crippen molar-refractivity contribution in [2.45, 2.75) is 0 Å². The lowest BCUT2D eigenvalue weighted by Gasteiger charge is -2.23. The van der Waals surface area contributed by atoms with Crippen LogP contribution in [0.4, 0.5) is 0 Å². The van der Waals surface area contributed by atoms with Crippen LogP contribution >= 0.6 is 0 Å². The predicted molar refractivity (Wildman–Crippen MR) is 74.2 cm³/mol. The molecule has 1 atom stereocenters. The van der Waals surface area contributed by atoms with Crippen LogP contribution in [0.5, 0.6) is 0 Å². The summed E-state index contributed by atoms with van der Waals surface area (Å²) in [4.78, 5) is 28.2. The zero-order chi connectivity index (χ0) is 14.7. The van der Waals surface area contributed by atoms with Crippen molar-refractivity contribution in [2.24, 2.45) is 13.0 Å². The number of likely N-dealkylation sites (N-methyl/N-ethyl adjacent to an activating group) is 1. The second-order valence-corrected chi connectivity index (χ2v) is 5.16. The Hall–Kier alpha value is -1.89. The molecule has 1 aromatic heterocycles. The van der Waals surface area contributed by atoms with Crippen molar-refractivity contribution in [2.75, 3.05) is 40.3 Å². The van der Waals surface area contributed by atoms with E-state index in [1.807, 2.05) is 7.05 Å². The molecule has 2 heterocycles. The Morgan fingerprint density at radius 1 is 1.30 bits per heavy atom. The lowest BCUT2D eigenvalue weighted by Crippen LogP contribution is -2.41. The third-order valence-electron chi connectivity index (χ3n) is 3.67. The van der Waals surface area contributed by atoms with Gasteiger partial charge in [0.1, 0.15) is 5.69 Å². The molecule has 7 nitrogen and oxygen atoms in total. The molecule has 0 aromatic carbocycles. The first-order valence-corrected chi connectivity index (χ1v) is 6.70. The van der Waals surface area contributed by atoms with Gasteiger partial charge in [-0.25, -0.2) is 0 Å². The van der Waals surface area contributed by atoms with Crippen LogP contribution in [0.15, 0.2) is 12.3 Å². The van der Waals surface area contributed by atoms with Crippen molar-refractivity contribution >= 4 is 11.8 Å². The van der Waals surface area contributed by atoms with Gasteiger partial charge in [-0.2, -0.15) is 5.10 Å². The maximum absolute atomic E-state index is 12.5. The lowest BCUT2D eigenvalue weighted by atomic mass is 10.1. The van der Waals surface area contributed by atoms with Gasteiger partial charge in [-0.15, -0.1) is 0 Å². The highest BCUT2D eigenvalue weighted by Gasteiger charge is 2.29. The van der Waals surface area contributed by atoms with Crippen LogP contribution in [0, 0.1) is 5.92 Å². The smallest absolute Gasteiger partial charge is 0.272 e. The average Bonchev–Trinajstić information content (AvgIpc) is 2.76. The fourth-order valence-corrected chi connectivity index (χ4v) is 2.47. The quantitative estimate of drug-likeness (QED) is 0.767. The Labute approximate surface area is 118 Å². The van der Waals surface area contributed by atoms with Gasteiger partial charge in [-0.3, -0.25) is 14.3 Å². The van der Waals surface area contributed by atoms with Gasteiger partial charge in [0, 0.05) is 46.5 Å². The van der Waals surface area contributed by atoms with Crippen LogP contribution < -0.4 is 5.32 Å². The zero-order valence-corrected chi connectivity index (χ0v) is 12.2. The van der Waals surface area contributed by atoms with Crippen LogP contribution in [0.2, 0.25) is 0 Å². The molecular weight excluding hydrogens is 258 g/mol. The largest absolute Gasteiger partial charge is 0.359 e. The predicted octanol–water partition coefficient (Wildman–Crippen LogP) is -0.830. The summed E-state index contributed by atoms with van der Waals surface area (Å²) in [5.74, 6) is -0.305. The van der Waals surface area contributed by atoms with Crippen molar-refractivity contribution in [1.29, 1.82) is 0 Å². The fourth-order valence-electron chi connectivity index (χ4n) is 2.47. The van der Waals surface area contributed by atoms with E-state index < -0.39 is 0 Å². The number of rotatable bonds is 2. The molecule has 1 aliphatic heterocycles. The van der Waals surface area contributed by atoms with E-state index in [9.17, 15) is 9.59 Å². The first-order chi connectivity index (χ1) is 9.52. The van der Waals surface area contributed by atoms with Crippen LogP contribution in [0.25, 0.3) is 0 Å². The first kappa shape index (κ1) is 14.5. The fraction of sp³-hybridized carbons (Fsp3) is 0.615. The summed E-state index contributed by atoms with van der Waals surface area (Å²) in [6.07, 6.45) is 1.60. The summed E-state index contributed by atoms with van der Waals surface area (Å²) in [5.41, 5.74) is 0.546. The Kier molecular flexibility index (Phi) is 4.39. The summed E-state index contributed by atoms with van der Waals surface area (Å²) in [6.45, 7) is 2.48. The normalized spacial score (nSPS) is 20.6. The molecule has 2 amide bonds. The van der Waals surface area contributed by atoms with Gasteiger partial charge in [0.05, 0.1) is 5.92 Å². The number of nitrogens with zero attached hydrogens (tertiary/aromatic N) is 4. The maximum atomic E-state index is 12.5. The first-order valence-electron chi connectivity index (χ1n) is 6.70. The number of aryl methyl sites for hydroxylation is 1. The number of carbonyl (C=O) groups excluding carboxylic acids is 2. The van der Waals surface area contributed by atoms with Gasteiger partial charge in [0.25, 0.3) is 5.91 Å². The molecule has 0 unspecified atom stereocenters. The topological polar surface area (TPSA) is 70.5 Å². The number of amides is 2. The molecular formula is C13H21N5O2. The molecule has 0 bridgehead atoms. The summed E-state index contributed by atoms with van der Waals surface area (Å²) in [6, 6.07) is 1.70. The molecule has 2 rings (SSSR count). The van der Waals surface area contributed by atoms with Crippen molar-refractivity contribution in [3.05, 3.63) is 18.0 Å². The molecule has 7 heteroatoms. The number of carbonyl (C=O) groups is 2. The van der Waals surface area contributed by atoms with E-state index in [1.165, 1.54) is 0 Å². The van der Waals surface area contributed by atoms with Crippen LogP contribution in [0.3, 0.4) is 0 Å². The van der Waals surface area contributed by atoms with E-state index in [-0.39, 0.29) is 17.7 Å². The van der Waals surface area contributed by atoms with Gasteiger partial charge >= 0.3 is 0 Å². The van der Waals surface area contributed by atoms with E-state index in [2.05, 4.69) is 15.3 Å². The summed E-state index contributed by atoms with van der Waals surface area (Å²) >= 11 is 0. The molecule has 1 aromatic rings. The number of hydrogen-bond donors (Lipinski definition) is 1. The Morgan fingerprint density at radius 3 is 2.65 bits per heavy atom. The van der Waals surface area contributed by atoms with Gasteiger partial charge in [-0.05, 0) is 13.1 Å². The highest BCUT2D eigenvalue weighted by molar-refractivity contribution is 5.93. The number of aromatic nitrogens is 2. The minimum atomic E-state index is -0.204. The van der Waals surface area contributed by atoms with E-state index >= 15 is 0 Å². The molecule has 20 heavy (non-hydrogen) atoms. The van der Waals surface area contributed by atoms with Crippen LogP contribution in [0.1, 0.15) is 10.5 Å². The van der Waals surface area contributed by atoms with Gasteiger partial charge < -0.3 is 15.1 Å². The minimum Gasteiger partial charge on any atom is -0.359 e. The average molecular weight is 279 g/mol. The number of nitrogens with one attached hydrogen (secondary N) is 1. The highest BCUT2D eigenvalue weighted by Crippen LogP contribution is 2.12. The van der Waals surface area contributed by atoms with Crippen molar-refractivity contribution in [1.82, 2.24) is 24.9 Å². The van der Waals surface area contributed by atoms with Crippen LogP contribution in [-0.2, 0) is 11.8 Å². The monoisotopic (exact) mass is 279 g/mol. The molecule has 110 valence electrons. The molecule has 0 saturated carbocycles. The minimum absolute atomic E-state index is 0.0263. The SMILES string of the molecule is CNC(=O)[C@H]1CN(C)CCN(C(=O)c2ccnn2C)C1. The summed E-state index contributed by atoms with van der Waals surface area (Å²) in [7, 11) is 5.34. The third kappa shape index (κ3) is 2.98. The molecule has 1 fully saturated rings. The molecule has 0 spiro atoms. The molecule has 0 radical (unpaired) electrons. The van der Waals surface area contributed by atoms with Gasteiger partial charge in [0.15, 0.2) is 0 Å². The van der Waals surface area contributed by atoms with E-state index in [1.54, 1.807) is 35.9 Å². The number of hydrogen-bond acceptors (Lipinski definition) is 4. The molecule has 1 N–H and O–H groups in total. The van der Waals surface area contributed by atoms with E-state index in [0.717, 1.165) is 6.54 Å². The van der Waals surface area contributed by atoms with Crippen molar-refractivity contribution < 1.29 is 9.59 Å². The van der Waals surface area contributed by atoms with E-state index in [4.69, 9.17) is 0 Å². The summed E-state index contributed by atoms with van der Waals surface area (Å²) in [5, 5.41) is 6.69. The van der Waals surface area contributed by atoms with Gasteiger partial charge in [0.2, 0.25) is 5.91 Å². The lowest BCUT2D eigenvalue weighted by molar-refractivity contribution is -0.125. The Bertz CT molecular complexity index is 499. The van der Waals surface area contributed by atoms with E-state index in [0.29, 0.717) is 25.3 Å².